The number of rotatable bonds is 7. The van der Waals surface area contributed by atoms with Crippen molar-refractivity contribution in [1.29, 1.82) is 0 Å². The summed E-state index contributed by atoms with van der Waals surface area (Å²) in [7, 11) is 0. The first-order valence-electron chi connectivity index (χ1n) is 8.56. The molecule has 1 heterocycles. The molecule has 5 heteroatoms. The summed E-state index contributed by atoms with van der Waals surface area (Å²) in [6.45, 7) is 3.19. The van der Waals surface area contributed by atoms with Crippen LogP contribution >= 0.6 is 0 Å². The van der Waals surface area contributed by atoms with E-state index in [9.17, 15) is 4.79 Å². The lowest BCUT2D eigenvalue weighted by Gasteiger charge is -2.33. The predicted octanol–water partition coefficient (Wildman–Crippen LogP) is 2.06. The molecule has 0 aromatic rings. The maximum absolute atomic E-state index is 11.9. The Bertz CT molecular complexity index is 346. The first-order valence-corrected chi connectivity index (χ1v) is 8.56. The SMILES string of the molecule is O=C(NCCCOCC1CC1)N[C@@H]1CCC[C@@H]2OCC[C@@H]21. The van der Waals surface area contributed by atoms with Gasteiger partial charge in [0, 0.05) is 38.3 Å². The van der Waals surface area contributed by atoms with Crippen LogP contribution in [0.4, 0.5) is 4.79 Å². The Labute approximate surface area is 127 Å². The van der Waals surface area contributed by atoms with E-state index in [0.717, 1.165) is 57.8 Å². The number of hydrogen-bond acceptors (Lipinski definition) is 3. The van der Waals surface area contributed by atoms with E-state index < -0.39 is 0 Å². The third-order valence-electron chi connectivity index (χ3n) is 4.90. The molecule has 0 aromatic heterocycles. The van der Waals surface area contributed by atoms with Crippen molar-refractivity contribution >= 4 is 6.03 Å². The number of carbonyl (C=O) groups is 1. The Kier molecular flexibility index (Phi) is 5.36. The molecule has 21 heavy (non-hydrogen) atoms. The molecule has 0 bridgehead atoms. The summed E-state index contributed by atoms with van der Waals surface area (Å²) in [5.41, 5.74) is 0. The van der Waals surface area contributed by atoms with Gasteiger partial charge in [0.05, 0.1) is 6.10 Å². The number of ether oxygens (including phenoxy) is 2. The minimum Gasteiger partial charge on any atom is -0.381 e. The molecule has 2 saturated carbocycles. The molecule has 1 aliphatic heterocycles. The second-order valence-corrected chi connectivity index (χ2v) is 6.67. The summed E-state index contributed by atoms with van der Waals surface area (Å²) in [5, 5.41) is 6.08. The lowest BCUT2D eigenvalue weighted by atomic mass is 9.82. The summed E-state index contributed by atoms with van der Waals surface area (Å²) < 4.78 is 11.3. The van der Waals surface area contributed by atoms with Gasteiger partial charge in [-0.1, -0.05) is 0 Å². The summed E-state index contributed by atoms with van der Waals surface area (Å²) in [4.78, 5) is 11.9. The molecule has 0 spiro atoms. The van der Waals surface area contributed by atoms with Crippen molar-refractivity contribution in [2.45, 2.75) is 57.1 Å². The Morgan fingerprint density at radius 2 is 2.10 bits per heavy atom. The van der Waals surface area contributed by atoms with Gasteiger partial charge in [-0.05, 0) is 50.9 Å². The van der Waals surface area contributed by atoms with Gasteiger partial charge in [-0.25, -0.2) is 4.79 Å². The van der Waals surface area contributed by atoms with E-state index in [0.29, 0.717) is 18.6 Å². The van der Waals surface area contributed by atoms with Gasteiger partial charge in [-0.15, -0.1) is 0 Å². The molecular weight excluding hydrogens is 268 g/mol. The molecule has 120 valence electrons. The van der Waals surface area contributed by atoms with E-state index >= 15 is 0 Å². The minimum absolute atomic E-state index is 0.0326. The fraction of sp³-hybridized carbons (Fsp3) is 0.938. The van der Waals surface area contributed by atoms with Gasteiger partial charge in [0.2, 0.25) is 0 Å². The Hall–Kier alpha value is -0.810. The highest BCUT2D eigenvalue weighted by atomic mass is 16.5. The van der Waals surface area contributed by atoms with Crippen LogP contribution in [0.3, 0.4) is 0 Å². The van der Waals surface area contributed by atoms with Crippen LogP contribution in [0.2, 0.25) is 0 Å². The van der Waals surface area contributed by atoms with Crippen molar-refractivity contribution < 1.29 is 14.3 Å². The zero-order valence-corrected chi connectivity index (χ0v) is 12.8. The number of fused-ring (bicyclic) bond motifs is 1. The smallest absolute Gasteiger partial charge is 0.315 e. The van der Waals surface area contributed by atoms with Crippen LogP contribution in [-0.2, 0) is 9.47 Å². The Morgan fingerprint density at radius 1 is 1.19 bits per heavy atom. The first kappa shape index (κ1) is 15.1. The van der Waals surface area contributed by atoms with Gasteiger partial charge in [-0.3, -0.25) is 0 Å². The lowest BCUT2D eigenvalue weighted by molar-refractivity contribution is 0.0549. The van der Waals surface area contributed by atoms with Crippen LogP contribution in [0.1, 0.15) is 44.9 Å². The minimum atomic E-state index is -0.0326. The lowest BCUT2D eigenvalue weighted by Crippen LogP contribution is -2.49. The number of carbonyl (C=O) groups excluding carboxylic acids is 1. The highest BCUT2D eigenvalue weighted by molar-refractivity contribution is 5.74. The van der Waals surface area contributed by atoms with E-state index in [4.69, 9.17) is 9.47 Å². The second kappa shape index (κ2) is 7.45. The molecule has 3 atom stereocenters. The fourth-order valence-electron chi connectivity index (χ4n) is 3.49. The van der Waals surface area contributed by atoms with Gasteiger partial charge >= 0.3 is 6.03 Å². The maximum atomic E-state index is 11.9. The molecule has 3 fully saturated rings. The third kappa shape index (κ3) is 4.58. The van der Waals surface area contributed by atoms with Crippen molar-refractivity contribution in [1.82, 2.24) is 10.6 Å². The average molecular weight is 296 g/mol. The van der Waals surface area contributed by atoms with E-state index in [1.165, 1.54) is 12.8 Å². The normalized spacial score (nSPS) is 31.7. The van der Waals surface area contributed by atoms with Gasteiger partial charge in [0.1, 0.15) is 0 Å². The summed E-state index contributed by atoms with van der Waals surface area (Å²) in [6.07, 6.45) is 8.40. The van der Waals surface area contributed by atoms with Crippen molar-refractivity contribution in [3.63, 3.8) is 0 Å². The summed E-state index contributed by atoms with van der Waals surface area (Å²) >= 11 is 0. The largest absolute Gasteiger partial charge is 0.381 e. The monoisotopic (exact) mass is 296 g/mol. The molecule has 2 amide bonds. The molecule has 3 aliphatic rings. The zero-order valence-electron chi connectivity index (χ0n) is 12.8. The van der Waals surface area contributed by atoms with E-state index in [1.54, 1.807) is 0 Å². The first-order chi connectivity index (χ1) is 10.3. The number of nitrogens with one attached hydrogen (secondary N) is 2. The molecule has 3 rings (SSSR count). The van der Waals surface area contributed by atoms with Crippen molar-refractivity contribution in [3.05, 3.63) is 0 Å². The van der Waals surface area contributed by atoms with E-state index in [1.807, 2.05) is 0 Å². The molecule has 5 nitrogen and oxygen atoms in total. The van der Waals surface area contributed by atoms with Crippen LogP contribution in [-0.4, -0.2) is 44.5 Å². The van der Waals surface area contributed by atoms with Crippen molar-refractivity contribution in [2.75, 3.05) is 26.4 Å². The van der Waals surface area contributed by atoms with Crippen LogP contribution in [0.5, 0.6) is 0 Å². The highest BCUT2D eigenvalue weighted by Crippen LogP contribution is 2.34. The zero-order chi connectivity index (χ0) is 14.5. The van der Waals surface area contributed by atoms with Gasteiger partial charge < -0.3 is 20.1 Å². The molecule has 2 N–H and O–H groups in total. The standard InChI is InChI=1S/C16H28N2O3/c19-16(17-8-2-9-20-11-12-5-6-12)18-14-3-1-4-15-13(14)7-10-21-15/h12-15H,1-11H2,(H2,17,18,19)/t13-,14-,15+/m1/s1. The Morgan fingerprint density at radius 3 is 2.95 bits per heavy atom. The fourth-order valence-corrected chi connectivity index (χ4v) is 3.49. The molecule has 1 saturated heterocycles. The van der Waals surface area contributed by atoms with Crippen LogP contribution in [0.25, 0.3) is 0 Å². The van der Waals surface area contributed by atoms with E-state index in [-0.39, 0.29) is 12.1 Å². The van der Waals surface area contributed by atoms with Crippen molar-refractivity contribution in [3.8, 4) is 0 Å². The summed E-state index contributed by atoms with van der Waals surface area (Å²) in [5.74, 6) is 1.33. The number of amides is 2. The molecule has 0 aromatic carbocycles. The second-order valence-electron chi connectivity index (χ2n) is 6.67. The summed E-state index contributed by atoms with van der Waals surface area (Å²) in [6, 6.07) is 0.257. The molecule has 2 aliphatic carbocycles. The van der Waals surface area contributed by atoms with Gasteiger partial charge in [-0.2, -0.15) is 0 Å². The van der Waals surface area contributed by atoms with Gasteiger partial charge in [0.25, 0.3) is 0 Å². The average Bonchev–Trinajstić information content (AvgIpc) is 3.17. The van der Waals surface area contributed by atoms with Crippen LogP contribution in [0.15, 0.2) is 0 Å². The van der Waals surface area contributed by atoms with Crippen molar-refractivity contribution in [2.24, 2.45) is 11.8 Å². The van der Waals surface area contributed by atoms with E-state index in [2.05, 4.69) is 10.6 Å². The molecular formula is C16H28N2O3. The predicted molar refractivity (Wildman–Crippen MR) is 80.2 cm³/mol. The topological polar surface area (TPSA) is 59.6 Å². The maximum Gasteiger partial charge on any atom is 0.315 e. The van der Waals surface area contributed by atoms with Gasteiger partial charge in [0.15, 0.2) is 0 Å². The highest BCUT2D eigenvalue weighted by Gasteiger charge is 2.38. The third-order valence-corrected chi connectivity index (χ3v) is 4.90. The number of urea groups is 1. The number of hydrogen-bond donors (Lipinski definition) is 2. The molecule has 0 radical (unpaired) electrons. The van der Waals surface area contributed by atoms with Crippen LogP contribution in [0, 0.1) is 11.8 Å². The van der Waals surface area contributed by atoms with Crippen LogP contribution < -0.4 is 10.6 Å². The quantitative estimate of drug-likeness (QED) is 0.707. The molecule has 0 unspecified atom stereocenters. The Balaban J connectivity index is 1.26.